The van der Waals surface area contributed by atoms with Gasteiger partial charge in [-0.2, -0.15) is 4.98 Å². The number of anilines is 2. The molecular formula is C15H14BN6O3S. The summed E-state index contributed by atoms with van der Waals surface area (Å²) in [5.41, 5.74) is 12.9. The highest BCUT2D eigenvalue weighted by Gasteiger charge is 2.10. The van der Waals surface area contributed by atoms with Crippen molar-refractivity contribution in [2.75, 3.05) is 11.2 Å². The number of rotatable bonds is 8. The van der Waals surface area contributed by atoms with Crippen LogP contribution in [0.25, 0.3) is 11.3 Å². The van der Waals surface area contributed by atoms with Crippen LogP contribution in [-0.2, 0) is 10.8 Å². The Balaban J connectivity index is 1.73. The topological polar surface area (TPSA) is 128 Å². The Morgan fingerprint density at radius 3 is 3.15 bits per heavy atom. The van der Waals surface area contributed by atoms with E-state index in [-0.39, 0.29) is 18.3 Å². The van der Waals surface area contributed by atoms with Crippen molar-refractivity contribution in [3.8, 4) is 11.3 Å². The largest absolute Gasteiger partial charge is 0.459 e. The Bertz CT molecular complexity index is 914. The van der Waals surface area contributed by atoms with Gasteiger partial charge in [0.15, 0.2) is 11.6 Å². The second kappa shape index (κ2) is 8.36. The van der Waals surface area contributed by atoms with E-state index in [4.69, 9.17) is 15.7 Å². The first kappa shape index (κ1) is 16.4. The molecule has 1 radical (unpaired) electrons. The maximum atomic E-state index is 11.9. The van der Waals surface area contributed by atoms with Crippen molar-refractivity contribution in [3.05, 3.63) is 54.2 Å². The molecule has 3 heterocycles. The third-order valence-corrected chi connectivity index (χ3v) is 3.43. The number of furan rings is 1. The van der Waals surface area contributed by atoms with E-state index in [9.17, 15) is 4.79 Å². The second-order valence-electron chi connectivity index (χ2n) is 4.99. The summed E-state index contributed by atoms with van der Waals surface area (Å²) >= 11 is 0.928. The first-order valence-electron chi connectivity index (χ1n) is 7.90. The minimum Gasteiger partial charge on any atom is -0.459 e. The molecule has 0 spiro atoms. The van der Waals surface area contributed by atoms with Crippen molar-refractivity contribution in [2.24, 2.45) is 0 Å². The fourth-order valence-corrected chi connectivity index (χ4v) is 2.28. The van der Waals surface area contributed by atoms with Gasteiger partial charge in [-0.25, -0.2) is 4.98 Å². The Morgan fingerprint density at radius 2 is 2.35 bits per heavy atom. The van der Waals surface area contributed by atoms with Crippen LogP contribution in [0.4, 0.5) is 11.8 Å². The van der Waals surface area contributed by atoms with Gasteiger partial charge in [0.2, 0.25) is 13.0 Å². The van der Waals surface area contributed by atoms with Crippen molar-refractivity contribution in [3.63, 3.8) is 0 Å². The molecule has 0 saturated heterocycles. The van der Waals surface area contributed by atoms with Gasteiger partial charge in [-0.3, -0.25) is 20.6 Å². The van der Waals surface area contributed by atoms with Crippen LogP contribution in [0.1, 0.15) is 16.1 Å². The molecule has 9 nitrogen and oxygen atoms in total. The average Bonchev–Trinajstić information content (AvgIpc) is 3.21. The number of aromatic nitrogens is 3. The summed E-state index contributed by atoms with van der Waals surface area (Å²) in [6.07, 6.45) is 4.68. The van der Waals surface area contributed by atoms with Gasteiger partial charge in [0.05, 0.1) is 18.6 Å². The molecule has 0 aromatic carbocycles. The van der Waals surface area contributed by atoms with E-state index in [0.717, 1.165) is 24.5 Å². The van der Waals surface area contributed by atoms with Crippen LogP contribution in [0, 0.1) is 0 Å². The minimum atomic E-state index is -0.455. The number of hydrazine groups is 1. The molecule has 26 heavy (non-hydrogen) atoms. The van der Waals surface area contributed by atoms with Gasteiger partial charge in [0.1, 0.15) is 0 Å². The number of hydrogen-bond donors (Lipinski definition) is 3. The van der Waals surface area contributed by atoms with Gasteiger partial charge < -0.3 is 14.3 Å². The highest BCUT2D eigenvalue weighted by Crippen LogP contribution is 2.21. The highest BCUT2D eigenvalue weighted by molar-refractivity contribution is 8.15. The van der Waals surface area contributed by atoms with Crippen molar-refractivity contribution in [2.45, 2.75) is 6.61 Å². The lowest BCUT2D eigenvalue weighted by Gasteiger charge is -2.09. The van der Waals surface area contributed by atoms with Gasteiger partial charge in [0, 0.05) is 24.0 Å². The molecule has 3 aromatic rings. The maximum Gasteiger partial charge on any atom is 0.305 e. The van der Waals surface area contributed by atoms with Gasteiger partial charge in [-0.1, -0.05) is 11.9 Å². The standard InChI is InChI=1S/C15H14BN6O3S/c16-26-25-8-9-4-10(7-18-6-9)11-5-13(20-15(17)19-11)21-22-14(23)12-2-1-3-24-12/h1-7,16H,8H2,(H,22,23)(H3,17,19,20,21)/i16T. The lowest BCUT2D eigenvalue weighted by molar-refractivity contribution is 0.0935. The molecule has 0 saturated carbocycles. The normalized spacial score (nSPS) is 10.8. The van der Waals surface area contributed by atoms with E-state index < -0.39 is 5.91 Å². The highest BCUT2D eigenvalue weighted by atomic mass is 32.2. The number of carbonyl (C=O) groups excluding carboxylic acids is 1. The molecule has 1 amide bonds. The molecule has 3 aromatic heterocycles. The molecule has 0 aliphatic heterocycles. The number of nitrogens with two attached hydrogens (primary N) is 1. The van der Waals surface area contributed by atoms with Gasteiger partial charge in [0.25, 0.3) is 0 Å². The third kappa shape index (κ3) is 4.52. The number of pyridine rings is 1. The number of carbonyl (C=O) groups is 1. The molecule has 0 aliphatic carbocycles. The van der Waals surface area contributed by atoms with E-state index in [0.29, 0.717) is 17.1 Å². The van der Waals surface area contributed by atoms with Crippen molar-refractivity contribution in [1.82, 2.24) is 20.4 Å². The lowest BCUT2D eigenvalue weighted by atomic mass is 10.1. The molecule has 131 valence electrons. The van der Waals surface area contributed by atoms with Crippen molar-refractivity contribution >= 4 is 36.7 Å². The maximum absolute atomic E-state index is 11.9. The Kier molecular flexibility index (Phi) is 5.28. The quantitative estimate of drug-likeness (QED) is 0.233. The molecule has 0 aliphatic rings. The number of hydrogen-bond acceptors (Lipinski definition) is 9. The second-order valence-corrected chi connectivity index (χ2v) is 5.42. The Morgan fingerprint density at radius 1 is 1.42 bits per heavy atom. The first-order valence-corrected chi connectivity index (χ1v) is 8.13. The van der Waals surface area contributed by atoms with Gasteiger partial charge in [-0.15, -0.1) is 0 Å². The molecule has 0 fully saturated rings. The zero-order chi connectivity index (χ0) is 19.1. The lowest BCUT2D eigenvalue weighted by Crippen LogP contribution is -2.29. The number of amides is 1. The molecule has 0 unspecified atom stereocenters. The Hall–Kier alpha value is -3.05. The average molecular weight is 371 g/mol. The van der Waals surface area contributed by atoms with Crippen LogP contribution in [0.3, 0.4) is 0 Å². The summed E-state index contributed by atoms with van der Waals surface area (Å²) in [4.78, 5) is 24.3. The van der Waals surface area contributed by atoms with E-state index in [1.54, 1.807) is 24.5 Å². The van der Waals surface area contributed by atoms with Gasteiger partial charge in [-0.05, 0) is 25.1 Å². The summed E-state index contributed by atoms with van der Waals surface area (Å²) in [7, 11) is 1.09. The smallest absolute Gasteiger partial charge is 0.305 e. The third-order valence-electron chi connectivity index (χ3n) is 3.18. The number of nitrogens with zero attached hydrogens (tertiary/aromatic N) is 3. The molecule has 4 N–H and O–H groups in total. The minimum absolute atomic E-state index is 0.0308. The van der Waals surface area contributed by atoms with Gasteiger partial charge >= 0.3 is 5.91 Å². The Labute approximate surface area is 155 Å². The molecule has 0 bridgehead atoms. The molecular weight excluding hydrogens is 355 g/mol. The van der Waals surface area contributed by atoms with Crippen LogP contribution >= 0.6 is 11.9 Å². The summed E-state index contributed by atoms with van der Waals surface area (Å²) in [5, 5.41) is 0. The summed E-state index contributed by atoms with van der Waals surface area (Å²) in [6, 6.07) is 6.60. The molecule has 0 atom stereocenters. The van der Waals surface area contributed by atoms with E-state index >= 15 is 0 Å². The number of nitrogens with one attached hydrogen (secondary N) is 2. The van der Waals surface area contributed by atoms with Crippen LogP contribution in [-0.4, -0.2) is 29.3 Å². The van der Waals surface area contributed by atoms with E-state index in [1.807, 2.05) is 6.07 Å². The SMILES string of the molecule is [3H][B]SOCc1cncc(-c2cc(NNC(=O)c3ccco3)nc(N)n2)c1. The predicted molar refractivity (Wildman–Crippen MR) is 99.0 cm³/mol. The molecule has 11 heteroatoms. The molecule has 3 rings (SSSR count). The van der Waals surface area contributed by atoms with Crippen LogP contribution in [0.5, 0.6) is 0 Å². The van der Waals surface area contributed by atoms with Crippen LogP contribution < -0.4 is 16.6 Å². The fourth-order valence-electron chi connectivity index (χ4n) is 2.08. The van der Waals surface area contributed by atoms with E-state index in [2.05, 4.69) is 25.8 Å². The summed E-state index contributed by atoms with van der Waals surface area (Å²) < 4.78 is 17.2. The first-order chi connectivity index (χ1) is 13.2. The fraction of sp³-hybridized carbons (Fsp3) is 0.0667. The summed E-state index contributed by atoms with van der Waals surface area (Å²) in [5.74, 6) is 0.0365. The zero-order valence-electron chi connectivity index (χ0n) is 14.4. The zero-order valence-corrected chi connectivity index (χ0v) is 14.2. The van der Waals surface area contributed by atoms with E-state index in [1.165, 1.54) is 12.3 Å². The van der Waals surface area contributed by atoms with Crippen molar-refractivity contribution in [1.29, 1.82) is 1.34 Å². The van der Waals surface area contributed by atoms with Crippen molar-refractivity contribution < 1.29 is 13.4 Å². The predicted octanol–water partition coefficient (Wildman–Crippen LogP) is 1.45. The number of nitrogen functional groups attached to an aromatic ring is 1. The summed E-state index contributed by atoms with van der Waals surface area (Å²) in [6.45, 7) is 0.283. The van der Waals surface area contributed by atoms with Crippen LogP contribution in [0.15, 0.2) is 47.3 Å². The monoisotopic (exact) mass is 371 g/mol. The van der Waals surface area contributed by atoms with Crippen LogP contribution in [0.2, 0.25) is 0 Å².